The molecule has 1 aromatic heterocycles. The Bertz CT molecular complexity index is 611. The first-order valence-electron chi connectivity index (χ1n) is 5.92. The third-order valence-electron chi connectivity index (χ3n) is 2.91. The zero-order valence-corrected chi connectivity index (χ0v) is 12.6. The molecule has 0 spiro atoms. The minimum atomic E-state index is 0. The standard InChI is InChI=1S/C13H17N5O2.ClH/c1-19-9-4-7(5-10(20-2)11(9)14)3-8-6-17-13(16)18-12(8)15;/h4-6H,3,14H2,1-2H3,(H4,15,16,17,18);1H. The first kappa shape index (κ1) is 16.6. The van der Waals surface area contributed by atoms with Gasteiger partial charge in [-0.3, -0.25) is 0 Å². The van der Waals surface area contributed by atoms with Gasteiger partial charge in [-0.2, -0.15) is 4.98 Å². The van der Waals surface area contributed by atoms with Crippen LogP contribution in [-0.2, 0) is 6.42 Å². The molecule has 1 aromatic carbocycles. The van der Waals surface area contributed by atoms with Gasteiger partial charge < -0.3 is 26.7 Å². The highest BCUT2D eigenvalue weighted by Gasteiger charge is 2.11. The Morgan fingerprint density at radius 3 is 2.10 bits per heavy atom. The van der Waals surface area contributed by atoms with Gasteiger partial charge in [0.1, 0.15) is 23.0 Å². The van der Waals surface area contributed by atoms with Crippen LogP contribution in [0.1, 0.15) is 11.1 Å². The second-order valence-corrected chi connectivity index (χ2v) is 4.23. The van der Waals surface area contributed by atoms with E-state index in [1.165, 1.54) is 0 Å². The van der Waals surface area contributed by atoms with E-state index in [4.69, 9.17) is 26.7 Å². The molecule has 2 aromatic rings. The first-order chi connectivity index (χ1) is 9.55. The summed E-state index contributed by atoms with van der Waals surface area (Å²) in [6.07, 6.45) is 2.13. The number of nitrogen functional groups attached to an aromatic ring is 3. The van der Waals surface area contributed by atoms with Gasteiger partial charge in [-0.15, -0.1) is 12.4 Å². The molecule has 0 unspecified atom stereocenters. The number of halogens is 1. The predicted octanol–water partition coefficient (Wildman–Crippen LogP) is 1.25. The van der Waals surface area contributed by atoms with Crippen LogP contribution in [0, 0.1) is 0 Å². The van der Waals surface area contributed by atoms with E-state index >= 15 is 0 Å². The molecule has 0 aliphatic rings. The molecule has 7 nitrogen and oxygen atoms in total. The molecule has 0 bridgehead atoms. The van der Waals surface area contributed by atoms with Gasteiger partial charge in [0.2, 0.25) is 5.95 Å². The monoisotopic (exact) mass is 311 g/mol. The van der Waals surface area contributed by atoms with Crippen molar-refractivity contribution in [2.45, 2.75) is 6.42 Å². The van der Waals surface area contributed by atoms with Crippen LogP contribution in [0.4, 0.5) is 17.5 Å². The third-order valence-corrected chi connectivity index (χ3v) is 2.91. The van der Waals surface area contributed by atoms with Gasteiger partial charge in [-0.25, -0.2) is 4.98 Å². The third kappa shape index (κ3) is 3.57. The van der Waals surface area contributed by atoms with Gasteiger partial charge in [0.05, 0.1) is 14.2 Å². The number of nitrogens with two attached hydrogens (primary N) is 3. The van der Waals surface area contributed by atoms with Crippen LogP contribution in [0.15, 0.2) is 18.3 Å². The molecule has 0 atom stereocenters. The van der Waals surface area contributed by atoms with E-state index in [0.29, 0.717) is 29.4 Å². The summed E-state index contributed by atoms with van der Waals surface area (Å²) >= 11 is 0. The van der Waals surface area contributed by atoms with Crippen molar-refractivity contribution in [3.63, 3.8) is 0 Å². The number of aromatic nitrogens is 2. The first-order valence-corrected chi connectivity index (χ1v) is 5.92. The quantitative estimate of drug-likeness (QED) is 0.726. The number of benzene rings is 1. The van der Waals surface area contributed by atoms with Crippen LogP contribution in [0.25, 0.3) is 0 Å². The van der Waals surface area contributed by atoms with E-state index in [-0.39, 0.29) is 18.4 Å². The van der Waals surface area contributed by atoms with Crippen molar-refractivity contribution < 1.29 is 9.47 Å². The maximum atomic E-state index is 5.90. The van der Waals surface area contributed by atoms with Crippen LogP contribution in [0.3, 0.4) is 0 Å². The van der Waals surface area contributed by atoms with Crippen molar-refractivity contribution in [3.8, 4) is 11.5 Å². The largest absolute Gasteiger partial charge is 0.494 e. The van der Waals surface area contributed by atoms with Crippen molar-refractivity contribution in [1.29, 1.82) is 0 Å². The van der Waals surface area contributed by atoms with E-state index in [1.807, 2.05) is 12.1 Å². The summed E-state index contributed by atoms with van der Waals surface area (Å²) in [5.74, 6) is 1.61. The lowest BCUT2D eigenvalue weighted by Gasteiger charge is -2.12. The fourth-order valence-corrected chi connectivity index (χ4v) is 1.89. The zero-order valence-electron chi connectivity index (χ0n) is 11.8. The van der Waals surface area contributed by atoms with Crippen molar-refractivity contribution in [2.24, 2.45) is 0 Å². The van der Waals surface area contributed by atoms with Crippen LogP contribution in [-0.4, -0.2) is 24.2 Å². The summed E-state index contributed by atoms with van der Waals surface area (Å²) in [7, 11) is 3.10. The zero-order chi connectivity index (χ0) is 14.7. The molecule has 0 aliphatic heterocycles. The molecule has 0 amide bonds. The molecule has 6 N–H and O–H groups in total. The van der Waals surface area contributed by atoms with E-state index in [9.17, 15) is 0 Å². The normalized spacial score (nSPS) is 9.81. The lowest BCUT2D eigenvalue weighted by molar-refractivity contribution is 0.397. The Hall–Kier alpha value is -2.41. The number of rotatable bonds is 4. The summed E-state index contributed by atoms with van der Waals surface area (Å²) in [4.78, 5) is 7.87. The highest BCUT2D eigenvalue weighted by molar-refractivity contribution is 5.85. The molecule has 21 heavy (non-hydrogen) atoms. The average molecular weight is 312 g/mol. The number of ether oxygens (including phenoxy) is 2. The summed E-state index contributed by atoms with van der Waals surface area (Å²) in [6, 6.07) is 3.65. The highest BCUT2D eigenvalue weighted by atomic mass is 35.5. The van der Waals surface area contributed by atoms with E-state index in [1.54, 1.807) is 20.4 Å². The maximum Gasteiger partial charge on any atom is 0.221 e. The molecule has 2 rings (SSSR count). The van der Waals surface area contributed by atoms with Gasteiger partial charge >= 0.3 is 0 Å². The predicted molar refractivity (Wildman–Crippen MR) is 84.9 cm³/mol. The molecular formula is C13H18ClN5O2. The van der Waals surface area contributed by atoms with Gasteiger partial charge in [0.15, 0.2) is 0 Å². The van der Waals surface area contributed by atoms with Crippen LogP contribution in [0.5, 0.6) is 11.5 Å². The second-order valence-electron chi connectivity index (χ2n) is 4.23. The maximum absolute atomic E-state index is 5.90. The lowest BCUT2D eigenvalue weighted by atomic mass is 10.1. The molecule has 0 saturated carbocycles. The topological polar surface area (TPSA) is 122 Å². The Labute approximate surface area is 128 Å². The van der Waals surface area contributed by atoms with Crippen molar-refractivity contribution in [2.75, 3.05) is 31.4 Å². The summed E-state index contributed by atoms with van der Waals surface area (Å²) in [5, 5.41) is 0. The van der Waals surface area contributed by atoms with E-state index in [2.05, 4.69) is 9.97 Å². The molecule has 0 aliphatic carbocycles. The van der Waals surface area contributed by atoms with Crippen LogP contribution >= 0.6 is 12.4 Å². The Morgan fingerprint density at radius 1 is 1.05 bits per heavy atom. The minimum absolute atomic E-state index is 0. The molecular weight excluding hydrogens is 294 g/mol. The Morgan fingerprint density at radius 2 is 1.62 bits per heavy atom. The van der Waals surface area contributed by atoms with Gasteiger partial charge in [-0.05, 0) is 17.7 Å². The fraction of sp³-hybridized carbons (Fsp3) is 0.231. The second kappa shape index (κ2) is 6.85. The molecule has 0 saturated heterocycles. The number of nitrogens with zero attached hydrogens (tertiary/aromatic N) is 2. The molecule has 114 valence electrons. The van der Waals surface area contributed by atoms with Crippen LogP contribution in [0.2, 0.25) is 0 Å². The number of hydrogen-bond acceptors (Lipinski definition) is 7. The number of hydrogen-bond donors (Lipinski definition) is 3. The summed E-state index contributed by atoms with van der Waals surface area (Å²) < 4.78 is 10.5. The minimum Gasteiger partial charge on any atom is -0.494 e. The van der Waals surface area contributed by atoms with Crippen molar-refractivity contribution in [1.82, 2.24) is 9.97 Å². The number of anilines is 3. The number of methoxy groups -OCH3 is 2. The summed E-state index contributed by atoms with van der Waals surface area (Å²) in [6.45, 7) is 0. The average Bonchev–Trinajstić information content (AvgIpc) is 2.43. The summed E-state index contributed by atoms with van der Waals surface area (Å²) in [5.41, 5.74) is 19.3. The van der Waals surface area contributed by atoms with Crippen molar-refractivity contribution in [3.05, 3.63) is 29.5 Å². The molecule has 0 radical (unpaired) electrons. The van der Waals surface area contributed by atoms with Crippen LogP contribution < -0.4 is 26.7 Å². The van der Waals surface area contributed by atoms with Gasteiger partial charge in [-0.1, -0.05) is 0 Å². The van der Waals surface area contributed by atoms with E-state index < -0.39 is 0 Å². The fourth-order valence-electron chi connectivity index (χ4n) is 1.89. The highest BCUT2D eigenvalue weighted by Crippen LogP contribution is 2.34. The Balaban J connectivity index is 0.00000220. The molecule has 0 fully saturated rings. The SMILES string of the molecule is COc1cc(Cc2cnc(N)nc2N)cc(OC)c1N.Cl. The van der Waals surface area contributed by atoms with Gasteiger partial charge in [0.25, 0.3) is 0 Å². The Kier molecular flexibility index (Phi) is 5.43. The molecule has 1 heterocycles. The van der Waals surface area contributed by atoms with E-state index in [0.717, 1.165) is 11.1 Å². The van der Waals surface area contributed by atoms with Crippen molar-refractivity contribution >= 4 is 29.9 Å². The lowest BCUT2D eigenvalue weighted by Crippen LogP contribution is -2.05. The molecule has 8 heteroatoms. The smallest absolute Gasteiger partial charge is 0.221 e. The van der Waals surface area contributed by atoms with Gasteiger partial charge in [0, 0.05) is 18.2 Å².